The number of aromatic nitrogens is 5. The first-order valence-electron chi connectivity index (χ1n) is 9.25. The highest BCUT2D eigenvalue weighted by Crippen LogP contribution is 2.47. The van der Waals surface area contributed by atoms with E-state index in [1.54, 1.807) is 24.5 Å². The Bertz CT molecular complexity index is 1180. The van der Waals surface area contributed by atoms with Gasteiger partial charge in [-0.3, -0.25) is 5.10 Å². The Hall–Kier alpha value is -3.22. The van der Waals surface area contributed by atoms with E-state index in [1.807, 2.05) is 10.7 Å². The largest absolute Gasteiger partial charge is 0.477 e. The minimum atomic E-state index is -0.277. The molecule has 0 spiro atoms. The van der Waals surface area contributed by atoms with Gasteiger partial charge in [-0.15, -0.1) is 0 Å². The fourth-order valence-corrected chi connectivity index (χ4v) is 3.65. The maximum Gasteiger partial charge on any atom is 0.220 e. The molecule has 0 radical (unpaired) electrons. The molecule has 28 heavy (non-hydrogen) atoms. The topological polar surface area (TPSA) is 68.6 Å². The van der Waals surface area contributed by atoms with E-state index < -0.39 is 0 Å². The van der Waals surface area contributed by atoms with E-state index in [4.69, 9.17) is 9.84 Å². The Kier molecular flexibility index (Phi) is 3.56. The Morgan fingerprint density at radius 1 is 1.21 bits per heavy atom. The van der Waals surface area contributed by atoms with Crippen LogP contribution in [0.15, 0.2) is 42.7 Å². The van der Waals surface area contributed by atoms with Crippen LogP contribution in [0, 0.1) is 11.2 Å². The van der Waals surface area contributed by atoms with Crippen LogP contribution in [0.4, 0.5) is 4.39 Å². The normalized spacial score (nSPS) is 18.1. The summed E-state index contributed by atoms with van der Waals surface area (Å²) in [6, 6.07) is 8.48. The number of rotatable bonds is 2. The average Bonchev–Trinajstić information content (AvgIpc) is 3.30. The van der Waals surface area contributed by atoms with Crippen LogP contribution in [0.2, 0.25) is 0 Å². The third-order valence-electron chi connectivity index (χ3n) is 5.69. The van der Waals surface area contributed by atoms with E-state index in [2.05, 4.69) is 36.0 Å². The Balaban J connectivity index is 1.82. The van der Waals surface area contributed by atoms with Crippen molar-refractivity contribution in [2.24, 2.45) is 5.41 Å². The molecule has 6 nitrogen and oxygen atoms in total. The second-order valence-electron chi connectivity index (χ2n) is 7.92. The molecule has 0 saturated carbocycles. The lowest BCUT2D eigenvalue weighted by Crippen LogP contribution is -2.36. The number of nitrogens with zero attached hydrogens (tertiary/aromatic N) is 4. The molecule has 1 N–H and O–H groups in total. The molecule has 4 aromatic rings. The smallest absolute Gasteiger partial charge is 0.220 e. The highest BCUT2D eigenvalue weighted by atomic mass is 19.1. The van der Waals surface area contributed by atoms with Gasteiger partial charge in [-0.2, -0.15) is 10.2 Å². The molecule has 1 aliphatic rings. The summed E-state index contributed by atoms with van der Waals surface area (Å²) in [5.41, 5.74) is 4.05. The zero-order valence-corrected chi connectivity index (χ0v) is 15.9. The molecule has 3 aromatic heterocycles. The molecule has 1 aliphatic heterocycles. The number of fused-ring (bicyclic) bond motifs is 2. The van der Waals surface area contributed by atoms with Crippen molar-refractivity contribution in [3.8, 4) is 28.3 Å². The Labute approximate surface area is 161 Å². The number of hydrogen-bond donors (Lipinski definition) is 1. The number of nitrogens with one attached hydrogen (secondary N) is 1. The molecule has 4 heterocycles. The molecule has 0 unspecified atom stereocenters. The number of H-pyrrole nitrogens is 1. The molecule has 0 saturated heterocycles. The summed E-state index contributed by atoms with van der Waals surface area (Å²) in [5, 5.41) is 12.8. The predicted molar refractivity (Wildman–Crippen MR) is 104 cm³/mol. The minimum Gasteiger partial charge on any atom is -0.477 e. The fourth-order valence-electron chi connectivity index (χ4n) is 3.65. The maximum atomic E-state index is 13.5. The number of pyridine rings is 1. The number of aromatic amines is 1. The third kappa shape index (κ3) is 2.42. The van der Waals surface area contributed by atoms with E-state index in [9.17, 15) is 4.39 Å². The van der Waals surface area contributed by atoms with Crippen molar-refractivity contribution in [2.75, 3.05) is 6.61 Å². The third-order valence-corrected chi connectivity index (χ3v) is 5.69. The van der Waals surface area contributed by atoms with Crippen LogP contribution in [0.3, 0.4) is 0 Å². The predicted octanol–water partition coefficient (Wildman–Crippen LogP) is 4.61. The summed E-state index contributed by atoms with van der Waals surface area (Å²) in [6.45, 7) is 7.08. The standard InChI is InChI=1S/C21H20FN5O/c1-12-21(2,3)11-28-20-17(15-8-9-23-19-16(15)10-24-25-19)18(26-27(12)20)13-4-6-14(22)7-5-13/h4-10,12H,11H2,1-3H3,(H,23,24,25)/t12-/m1/s1. The van der Waals surface area contributed by atoms with Gasteiger partial charge in [0.15, 0.2) is 5.65 Å². The molecule has 1 aromatic carbocycles. The quantitative estimate of drug-likeness (QED) is 0.554. The molecule has 7 heteroatoms. The van der Waals surface area contributed by atoms with E-state index in [0.29, 0.717) is 12.3 Å². The summed E-state index contributed by atoms with van der Waals surface area (Å²) in [5.74, 6) is 0.445. The summed E-state index contributed by atoms with van der Waals surface area (Å²) >= 11 is 0. The SMILES string of the molecule is C[C@H]1n2nc(-c3ccc(F)cc3)c(-c3ccnc4[nH]ncc34)c2OCC1(C)C. The molecule has 0 bridgehead atoms. The van der Waals surface area contributed by atoms with Crippen LogP contribution in [0.25, 0.3) is 33.4 Å². The van der Waals surface area contributed by atoms with Crippen LogP contribution >= 0.6 is 0 Å². The van der Waals surface area contributed by atoms with Crippen LogP contribution in [-0.4, -0.2) is 31.6 Å². The second-order valence-corrected chi connectivity index (χ2v) is 7.92. The molecule has 1 atom stereocenters. The van der Waals surface area contributed by atoms with Crippen molar-refractivity contribution in [1.29, 1.82) is 0 Å². The van der Waals surface area contributed by atoms with Gasteiger partial charge in [0.1, 0.15) is 11.5 Å². The molecule has 5 rings (SSSR count). The number of hydrogen-bond acceptors (Lipinski definition) is 4. The van der Waals surface area contributed by atoms with Gasteiger partial charge in [0, 0.05) is 28.1 Å². The number of ether oxygens (including phenoxy) is 1. The molecular formula is C21H20FN5O. The first-order valence-corrected chi connectivity index (χ1v) is 9.25. The molecule has 0 amide bonds. The van der Waals surface area contributed by atoms with E-state index >= 15 is 0 Å². The van der Waals surface area contributed by atoms with Crippen LogP contribution < -0.4 is 4.74 Å². The van der Waals surface area contributed by atoms with Gasteiger partial charge in [-0.05, 0) is 37.3 Å². The van der Waals surface area contributed by atoms with Gasteiger partial charge < -0.3 is 4.74 Å². The minimum absolute atomic E-state index is 0.0560. The highest BCUT2D eigenvalue weighted by Gasteiger charge is 2.38. The number of halogens is 1. The van der Waals surface area contributed by atoms with Gasteiger partial charge in [0.05, 0.1) is 24.4 Å². The first kappa shape index (κ1) is 16.9. The maximum absolute atomic E-state index is 13.5. The van der Waals surface area contributed by atoms with Gasteiger partial charge in [-0.25, -0.2) is 14.1 Å². The van der Waals surface area contributed by atoms with Gasteiger partial charge in [0.2, 0.25) is 5.88 Å². The van der Waals surface area contributed by atoms with E-state index in [1.165, 1.54) is 12.1 Å². The second kappa shape index (κ2) is 5.89. The average molecular weight is 377 g/mol. The zero-order valence-electron chi connectivity index (χ0n) is 15.9. The number of benzene rings is 1. The van der Waals surface area contributed by atoms with Gasteiger partial charge >= 0.3 is 0 Å². The van der Waals surface area contributed by atoms with Crippen molar-refractivity contribution in [3.63, 3.8) is 0 Å². The van der Waals surface area contributed by atoms with Crippen molar-refractivity contribution in [3.05, 3.63) is 48.5 Å². The molecular weight excluding hydrogens is 357 g/mol. The zero-order chi connectivity index (χ0) is 19.5. The van der Waals surface area contributed by atoms with Crippen LogP contribution in [0.5, 0.6) is 5.88 Å². The molecule has 142 valence electrons. The lowest BCUT2D eigenvalue weighted by atomic mass is 9.85. The summed E-state index contributed by atoms with van der Waals surface area (Å²) in [7, 11) is 0. The highest BCUT2D eigenvalue weighted by molar-refractivity contribution is 5.98. The van der Waals surface area contributed by atoms with E-state index in [-0.39, 0.29) is 17.3 Å². The van der Waals surface area contributed by atoms with Gasteiger partial charge in [-0.1, -0.05) is 13.8 Å². The monoisotopic (exact) mass is 377 g/mol. The van der Waals surface area contributed by atoms with E-state index in [0.717, 1.165) is 33.7 Å². The Morgan fingerprint density at radius 3 is 2.79 bits per heavy atom. The van der Waals surface area contributed by atoms with Crippen molar-refractivity contribution < 1.29 is 9.13 Å². The van der Waals surface area contributed by atoms with Crippen LogP contribution in [0.1, 0.15) is 26.8 Å². The van der Waals surface area contributed by atoms with Crippen molar-refractivity contribution >= 4 is 11.0 Å². The lowest BCUT2D eigenvalue weighted by molar-refractivity contribution is 0.0648. The Morgan fingerprint density at radius 2 is 2.00 bits per heavy atom. The van der Waals surface area contributed by atoms with Crippen molar-refractivity contribution in [2.45, 2.75) is 26.8 Å². The first-order chi connectivity index (χ1) is 13.5. The fraction of sp³-hybridized carbons (Fsp3) is 0.286. The summed E-state index contributed by atoms with van der Waals surface area (Å²) in [4.78, 5) is 4.34. The van der Waals surface area contributed by atoms with Crippen LogP contribution in [-0.2, 0) is 0 Å². The summed E-state index contributed by atoms with van der Waals surface area (Å²) in [6.07, 6.45) is 3.50. The molecule has 0 fully saturated rings. The summed E-state index contributed by atoms with van der Waals surface area (Å²) < 4.78 is 21.7. The van der Waals surface area contributed by atoms with Gasteiger partial charge in [0.25, 0.3) is 0 Å². The lowest BCUT2D eigenvalue weighted by Gasteiger charge is -2.37. The van der Waals surface area contributed by atoms with Crippen molar-refractivity contribution in [1.82, 2.24) is 25.0 Å². The molecule has 0 aliphatic carbocycles.